The summed E-state index contributed by atoms with van der Waals surface area (Å²) < 4.78 is 10.8. The third kappa shape index (κ3) is 2.28. The van der Waals surface area contributed by atoms with Gasteiger partial charge in [0.1, 0.15) is 21.9 Å². The summed E-state index contributed by atoms with van der Waals surface area (Å²) in [7, 11) is 0. The highest BCUT2D eigenvalue weighted by Crippen LogP contribution is 2.30. The molecule has 10 heteroatoms. The van der Waals surface area contributed by atoms with E-state index in [4.69, 9.17) is 8.83 Å². The quantitative estimate of drug-likeness (QED) is 0.388. The van der Waals surface area contributed by atoms with E-state index >= 15 is 0 Å². The monoisotopic (exact) mass is 356 g/mol. The van der Waals surface area contributed by atoms with Gasteiger partial charge in [-0.3, -0.25) is 9.59 Å². The van der Waals surface area contributed by atoms with Crippen molar-refractivity contribution in [3.63, 3.8) is 0 Å². The second-order valence-corrected chi connectivity index (χ2v) is 5.30. The number of aromatic nitrogens is 2. The maximum Gasteiger partial charge on any atom is 0.229 e. The molecule has 0 aliphatic carbocycles. The minimum absolute atomic E-state index is 0.178. The Kier molecular flexibility index (Phi) is 3.09. The van der Waals surface area contributed by atoms with Crippen LogP contribution in [0.2, 0.25) is 0 Å². The zero-order valence-corrected chi connectivity index (χ0v) is 12.6. The molecule has 0 aromatic carbocycles. The summed E-state index contributed by atoms with van der Waals surface area (Å²) in [4.78, 5) is 31.1. The van der Waals surface area contributed by atoms with Crippen LogP contribution in [-0.4, -0.2) is 30.4 Å². The van der Waals surface area contributed by atoms with Gasteiger partial charge in [-0.1, -0.05) is 0 Å². The molecule has 0 radical (unpaired) electrons. The molecule has 0 unspecified atom stereocenters. The molecule has 0 aliphatic heterocycles. The van der Waals surface area contributed by atoms with Crippen LogP contribution >= 0.6 is 0 Å². The average Bonchev–Trinajstić information content (AvgIpc) is 2.52. The minimum Gasteiger partial charge on any atom is -0.493 e. The van der Waals surface area contributed by atoms with Gasteiger partial charge in [-0.2, -0.15) is 9.97 Å². The van der Waals surface area contributed by atoms with Crippen LogP contribution in [0.5, 0.6) is 23.5 Å². The van der Waals surface area contributed by atoms with E-state index in [1.165, 1.54) is 0 Å². The smallest absolute Gasteiger partial charge is 0.229 e. The molecule has 0 atom stereocenters. The molecular weight excluding hydrogens is 348 g/mol. The molecule has 26 heavy (non-hydrogen) atoms. The fraction of sp³-hybridized carbons (Fsp3) is 0. The number of hydrogen-bond acceptors (Lipinski definition) is 10. The van der Waals surface area contributed by atoms with Gasteiger partial charge in [-0.15, -0.1) is 0 Å². The van der Waals surface area contributed by atoms with Crippen molar-refractivity contribution in [2.75, 3.05) is 0 Å². The first-order valence-electron chi connectivity index (χ1n) is 7.07. The van der Waals surface area contributed by atoms with E-state index in [9.17, 15) is 30.0 Å². The molecule has 0 aliphatic rings. The van der Waals surface area contributed by atoms with Crippen LogP contribution in [0.25, 0.3) is 33.5 Å². The Balaban J connectivity index is 2.04. The summed E-state index contributed by atoms with van der Waals surface area (Å²) in [6, 6.07) is 3.96. The summed E-state index contributed by atoms with van der Waals surface area (Å²) in [5.74, 6) is -2.92. The number of fused-ring (bicyclic) bond motifs is 2. The first-order chi connectivity index (χ1) is 12.3. The van der Waals surface area contributed by atoms with Gasteiger partial charge in [0.05, 0.1) is 0 Å². The van der Waals surface area contributed by atoms with Crippen LogP contribution in [0.15, 0.2) is 42.7 Å². The Morgan fingerprint density at radius 3 is 1.42 bits per heavy atom. The fourth-order valence-corrected chi connectivity index (χ4v) is 2.54. The van der Waals surface area contributed by atoms with Crippen molar-refractivity contribution in [3.05, 3.63) is 44.7 Å². The highest BCUT2D eigenvalue weighted by atomic mass is 16.4. The van der Waals surface area contributed by atoms with Crippen LogP contribution in [0.1, 0.15) is 0 Å². The second kappa shape index (κ2) is 5.21. The lowest BCUT2D eigenvalue weighted by atomic mass is 10.2. The first-order valence-corrected chi connectivity index (χ1v) is 7.07. The molecule has 4 N–H and O–H groups in total. The normalized spacial score (nSPS) is 11.2. The Hall–Kier alpha value is -4.08. The van der Waals surface area contributed by atoms with Crippen LogP contribution < -0.4 is 10.9 Å². The standard InChI is InChI=1S/C16H8N2O8/c19-5-1-7(25-9-3-11(21)17-15(23)13(5)9)8-2-6(20)14-10(26-8)4-12(22)18-16(14)24/h1-4H,(H2,17,21,23)(H2,18,22,24). The van der Waals surface area contributed by atoms with Gasteiger partial charge in [0.15, 0.2) is 22.4 Å². The Bertz CT molecular complexity index is 1220. The molecule has 0 saturated heterocycles. The maximum absolute atomic E-state index is 12.2. The molecule has 4 aromatic rings. The van der Waals surface area contributed by atoms with Gasteiger partial charge in [0.25, 0.3) is 0 Å². The van der Waals surface area contributed by atoms with E-state index in [0.29, 0.717) is 0 Å². The lowest BCUT2D eigenvalue weighted by Gasteiger charge is -2.06. The lowest BCUT2D eigenvalue weighted by Crippen LogP contribution is -2.04. The topological polar surface area (TPSA) is 167 Å². The second-order valence-electron chi connectivity index (χ2n) is 5.30. The van der Waals surface area contributed by atoms with Crippen molar-refractivity contribution in [2.45, 2.75) is 0 Å². The zero-order valence-electron chi connectivity index (χ0n) is 12.6. The molecule has 10 nitrogen and oxygen atoms in total. The van der Waals surface area contributed by atoms with Crippen LogP contribution in [0, 0.1) is 0 Å². The third-order valence-electron chi connectivity index (χ3n) is 3.60. The Labute approximate surface area is 141 Å². The highest BCUT2D eigenvalue weighted by Gasteiger charge is 2.17. The largest absolute Gasteiger partial charge is 0.493 e. The van der Waals surface area contributed by atoms with Crippen molar-refractivity contribution >= 4 is 21.9 Å². The molecule has 4 heterocycles. The molecular formula is C16H8N2O8. The van der Waals surface area contributed by atoms with E-state index in [1.54, 1.807) is 0 Å². The Morgan fingerprint density at radius 2 is 1.04 bits per heavy atom. The highest BCUT2D eigenvalue weighted by molar-refractivity contribution is 5.85. The predicted molar refractivity (Wildman–Crippen MR) is 86.2 cm³/mol. The zero-order chi connectivity index (χ0) is 18.6. The van der Waals surface area contributed by atoms with Gasteiger partial charge in [0, 0.05) is 24.3 Å². The van der Waals surface area contributed by atoms with E-state index < -0.39 is 34.4 Å². The number of rotatable bonds is 1. The van der Waals surface area contributed by atoms with E-state index in [0.717, 1.165) is 24.3 Å². The summed E-state index contributed by atoms with van der Waals surface area (Å²) >= 11 is 0. The summed E-state index contributed by atoms with van der Waals surface area (Å²) in [5.41, 5.74) is -1.73. The lowest BCUT2D eigenvalue weighted by molar-refractivity contribution is 0.413. The van der Waals surface area contributed by atoms with Crippen molar-refractivity contribution in [1.29, 1.82) is 0 Å². The first kappa shape index (κ1) is 15.4. The number of hydrogen-bond donors (Lipinski definition) is 4. The molecule has 0 saturated carbocycles. The molecule has 0 amide bonds. The molecule has 0 fully saturated rings. The van der Waals surface area contributed by atoms with Gasteiger partial charge in [-0.25, -0.2) is 0 Å². The number of aromatic hydroxyl groups is 4. The van der Waals surface area contributed by atoms with Gasteiger partial charge < -0.3 is 29.3 Å². The molecule has 4 aromatic heterocycles. The van der Waals surface area contributed by atoms with Crippen molar-refractivity contribution < 1.29 is 29.3 Å². The van der Waals surface area contributed by atoms with Crippen LogP contribution in [-0.2, 0) is 0 Å². The van der Waals surface area contributed by atoms with Gasteiger partial charge >= 0.3 is 0 Å². The Morgan fingerprint density at radius 1 is 0.654 bits per heavy atom. The van der Waals surface area contributed by atoms with Gasteiger partial charge in [0.2, 0.25) is 23.5 Å². The van der Waals surface area contributed by atoms with E-state index in [2.05, 4.69) is 9.97 Å². The van der Waals surface area contributed by atoms with Crippen LogP contribution in [0.4, 0.5) is 0 Å². The predicted octanol–water partition coefficient (Wildman–Crippen LogP) is 1.18. The molecule has 0 spiro atoms. The minimum atomic E-state index is -0.707. The molecule has 4 rings (SSSR count). The maximum atomic E-state index is 12.2. The van der Waals surface area contributed by atoms with Crippen molar-refractivity contribution in [1.82, 2.24) is 9.97 Å². The fourth-order valence-electron chi connectivity index (χ4n) is 2.54. The third-order valence-corrected chi connectivity index (χ3v) is 3.60. The average molecular weight is 356 g/mol. The number of pyridine rings is 2. The van der Waals surface area contributed by atoms with Crippen molar-refractivity contribution in [2.24, 2.45) is 0 Å². The van der Waals surface area contributed by atoms with Crippen molar-refractivity contribution in [3.8, 4) is 35.0 Å². The SMILES string of the molecule is O=c1cc(-c2cc(=O)c3c(O)nc(O)cc3o2)oc2cc(O)nc(O)c12. The summed E-state index contributed by atoms with van der Waals surface area (Å²) in [6.07, 6.45) is 0. The molecule has 0 bridgehead atoms. The van der Waals surface area contributed by atoms with E-state index in [-0.39, 0.29) is 33.5 Å². The van der Waals surface area contributed by atoms with Gasteiger partial charge in [-0.05, 0) is 0 Å². The summed E-state index contributed by atoms with van der Waals surface area (Å²) in [5, 5.41) is 37.7. The number of nitrogens with zero attached hydrogens (tertiary/aromatic N) is 2. The summed E-state index contributed by atoms with van der Waals surface area (Å²) in [6.45, 7) is 0. The van der Waals surface area contributed by atoms with E-state index in [1.807, 2.05) is 0 Å². The van der Waals surface area contributed by atoms with Crippen LogP contribution in [0.3, 0.4) is 0 Å². The molecule has 130 valence electrons.